The third-order valence-corrected chi connectivity index (χ3v) is 4.64. The van der Waals surface area contributed by atoms with Gasteiger partial charge >= 0.3 is 0 Å². The molecule has 21 heavy (non-hydrogen) atoms. The summed E-state index contributed by atoms with van der Waals surface area (Å²) >= 11 is 0. The Kier molecular flexibility index (Phi) is 6.22. The lowest BCUT2D eigenvalue weighted by Crippen LogP contribution is -2.44. The summed E-state index contributed by atoms with van der Waals surface area (Å²) < 4.78 is 5.96. The number of ether oxygens (including phenoxy) is 1. The van der Waals surface area contributed by atoms with Crippen molar-refractivity contribution in [2.45, 2.75) is 52.2 Å². The van der Waals surface area contributed by atoms with E-state index in [0.29, 0.717) is 18.7 Å². The number of rotatable bonds is 6. The highest BCUT2D eigenvalue weighted by Crippen LogP contribution is 2.28. The average molecular weight is 290 g/mol. The van der Waals surface area contributed by atoms with E-state index < -0.39 is 0 Å². The third-order valence-electron chi connectivity index (χ3n) is 4.64. The summed E-state index contributed by atoms with van der Waals surface area (Å²) in [6, 6.07) is 6.87. The van der Waals surface area contributed by atoms with E-state index in [1.54, 1.807) is 0 Å². The van der Waals surface area contributed by atoms with Gasteiger partial charge in [0.15, 0.2) is 0 Å². The van der Waals surface area contributed by atoms with E-state index in [1.165, 1.54) is 29.5 Å². The molecule has 0 aromatic heterocycles. The maximum atomic E-state index is 6.12. The molecule has 0 spiro atoms. The number of benzene rings is 1. The van der Waals surface area contributed by atoms with Gasteiger partial charge in [0.25, 0.3) is 0 Å². The van der Waals surface area contributed by atoms with Crippen LogP contribution in [-0.4, -0.2) is 37.2 Å². The van der Waals surface area contributed by atoms with E-state index in [4.69, 9.17) is 10.5 Å². The Hall–Kier alpha value is -0.900. The van der Waals surface area contributed by atoms with Crippen molar-refractivity contribution in [1.82, 2.24) is 4.90 Å². The van der Waals surface area contributed by atoms with Gasteiger partial charge in [-0.05, 0) is 56.3 Å². The fraction of sp³-hybridized carbons (Fsp3) is 0.667. The fourth-order valence-electron chi connectivity index (χ4n) is 3.28. The summed E-state index contributed by atoms with van der Waals surface area (Å²) in [7, 11) is 0. The summed E-state index contributed by atoms with van der Waals surface area (Å²) in [6.45, 7) is 10.2. The monoisotopic (exact) mass is 290 g/mol. The Bertz CT molecular complexity index is 447. The van der Waals surface area contributed by atoms with Crippen LogP contribution in [0.15, 0.2) is 18.2 Å². The maximum Gasteiger partial charge on any atom is 0.0702 e. The smallest absolute Gasteiger partial charge is 0.0702 e. The van der Waals surface area contributed by atoms with E-state index in [9.17, 15) is 0 Å². The van der Waals surface area contributed by atoms with Gasteiger partial charge < -0.3 is 10.5 Å². The largest absolute Gasteiger partial charge is 0.377 e. The molecule has 3 nitrogen and oxygen atoms in total. The van der Waals surface area contributed by atoms with Crippen LogP contribution in [0, 0.1) is 13.8 Å². The van der Waals surface area contributed by atoms with E-state index in [2.05, 4.69) is 43.9 Å². The summed E-state index contributed by atoms with van der Waals surface area (Å²) in [5, 5.41) is 0. The highest BCUT2D eigenvalue weighted by Gasteiger charge is 2.27. The number of aryl methyl sites for hydroxylation is 1. The molecule has 3 heteroatoms. The van der Waals surface area contributed by atoms with Gasteiger partial charge in [-0.2, -0.15) is 0 Å². The summed E-state index contributed by atoms with van der Waals surface area (Å²) in [5.41, 5.74) is 10.2. The van der Waals surface area contributed by atoms with Gasteiger partial charge in [-0.3, -0.25) is 4.90 Å². The second-order valence-corrected chi connectivity index (χ2v) is 6.17. The molecule has 1 aliphatic rings. The van der Waals surface area contributed by atoms with Crippen molar-refractivity contribution in [2.75, 3.05) is 26.2 Å². The SMILES string of the molecule is CCCOC1CCCN(C(CN)c2cccc(C)c2C)C1. The van der Waals surface area contributed by atoms with Crippen LogP contribution in [0.2, 0.25) is 0 Å². The van der Waals surface area contributed by atoms with Crippen LogP contribution in [0.25, 0.3) is 0 Å². The summed E-state index contributed by atoms with van der Waals surface area (Å²) in [4.78, 5) is 2.52. The van der Waals surface area contributed by atoms with Crippen molar-refractivity contribution in [3.05, 3.63) is 34.9 Å². The number of hydrogen-bond acceptors (Lipinski definition) is 3. The number of piperidine rings is 1. The number of hydrogen-bond donors (Lipinski definition) is 1. The predicted octanol–water partition coefficient (Wildman–Crippen LogP) is 3.19. The van der Waals surface area contributed by atoms with Crippen LogP contribution in [0.5, 0.6) is 0 Å². The first kappa shape index (κ1) is 16.5. The number of nitrogens with two attached hydrogens (primary N) is 1. The molecule has 1 heterocycles. The highest BCUT2D eigenvalue weighted by molar-refractivity contribution is 5.35. The molecule has 0 aliphatic carbocycles. The number of nitrogens with zero attached hydrogens (tertiary/aromatic N) is 1. The molecule has 0 amide bonds. The molecule has 2 atom stereocenters. The van der Waals surface area contributed by atoms with Crippen LogP contribution in [0.1, 0.15) is 48.9 Å². The minimum absolute atomic E-state index is 0.318. The lowest BCUT2D eigenvalue weighted by Gasteiger charge is -2.38. The van der Waals surface area contributed by atoms with Crippen molar-refractivity contribution in [3.8, 4) is 0 Å². The molecule has 1 aliphatic heterocycles. The first-order valence-electron chi connectivity index (χ1n) is 8.29. The van der Waals surface area contributed by atoms with E-state index in [0.717, 1.165) is 26.1 Å². The molecule has 1 aromatic rings. The van der Waals surface area contributed by atoms with Crippen molar-refractivity contribution >= 4 is 0 Å². The molecule has 0 saturated carbocycles. The van der Waals surface area contributed by atoms with Crippen molar-refractivity contribution in [3.63, 3.8) is 0 Å². The Morgan fingerprint density at radius 1 is 1.38 bits per heavy atom. The van der Waals surface area contributed by atoms with E-state index in [1.807, 2.05) is 0 Å². The maximum absolute atomic E-state index is 6.12. The average Bonchev–Trinajstić information content (AvgIpc) is 2.50. The van der Waals surface area contributed by atoms with Gasteiger partial charge in [0.05, 0.1) is 6.10 Å². The summed E-state index contributed by atoms with van der Waals surface area (Å²) in [5.74, 6) is 0. The highest BCUT2D eigenvalue weighted by atomic mass is 16.5. The molecular formula is C18H30N2O. The van der Waals surface area contributed by atoms with Gasteiger partial charge in [-0.1, -0.05) is 25.1 Å². The lowest BCUT2D eigenvalue weighted by molar-refractivity contribution is -0.0119. The quantitative estimate of drug-likeness (QED) is 0.874. The zero-order valence-electron chi connectivity index (χ0n) is 13.8. The fourth-order valence-corrected chi connectivity index (χ4v) is 3.28. The third kappa shape index (κ3) is 4.06. The molecule has 1 saturated heterocycles. The van der Waals surface area contributed by atoms with Crippen LogP contribution in [-0.2, 0) is 4.74 Å². The van der Waals surface area contributed by atoms with Crippen molar-refractivity contribution in [1.29, 1.82) is 0 Å². The Labute approximate surface area is 129 Å². The van der Waals surface area contributed by atoms with Gasteiger partial charge in [0, 0.05) is 25.7 Å². The second-order valence-electron chi connectivity index (χ2n) is 6.17. The molecule has 118 valence electrons. The Morgan fingerprint density at radius 2 is 2.19 bits per heavy atom. The predicted molar refractivity (Wildman–Crippen MR) is 88.5 cm³/mol. The molecule has 1 aromatic carbocycles. The van der Waals surface area contributed by atoms with Crippen molar-refractivity contribution in [2.24, 2.45) is 5.73 Å². The molecule has 2 N–H and O–H groups in total. The molecule has 2 unspecified atom stereocenters. The first-order valence-corrected chi connectivity index (χ1v) is 8.29. The van der Waals surface area contributed by atoms with Gasteiger partial charge in [-0.15, -0.1) is 0 Å². The zero-order chi connectivity index (χ0) is 15.2. The van der Waals surface area contributed by atoms with Gasteiger partial charge in [0.1, 0.15) is 0 Å². The molecular weight excluding hydrogens is 260 g/mol. The Morgan fingerprint density at radius 3 is 2.90 bits per heavy atom. The summed E-state index contributed by atoms with van der Waals surface area (Å²) in [6.07, 6.45) is 3.85. The first-order chi connectivity index (χ1) is 10.2. The topological polar surface area (TPSA) is 38.5 Å². The normalized spacial score (nSPS) is 21.4. The van der Waals surface area contributed by atoms with E-state index >= 15 is 0 Å². The number of likely N-dealkylation sites (tertiary alicyclic amines) is 1. The molecule has 0 bridgehead atoms. The van der Waals surface area contributed by atoms with Crippen molar-refractivity contribution < 1.29 is 4.74 Å². The molecule has 1 fully saturated rings. The molecule has 2 rings (SSSR count). The standard InChI is InChI=1S/C18H30N2O/c1-4-11-21-16-8-6-10-20(13-16)18(12-19)17-9-5-7-14(2)15(17)3/h5,7,9,16,18H,4,6,8,10-13,19H2,1-3H3. The second kappa shape index (κ2) is 7.92. The van der Waals surface area contributed by atoms with Gasteiger partial charge in [0.2, 0.25) is 0 Å². The van der Waals surface area contributed by atoms with E-state index in [-0.39, 0.29) is 0 Å². The van der Waals surface area contributed by atoms with Crippen LogP contribution in [0.3, 0.4) is 0 Å². The Balaban J connectivity index is 2.11. The van der Waals surface area contributed by atoms with Gasteiger partial charge in [-0.25, -0.2) is 0 Å². The zero-order valence-corrected chi connectivity index (χ0v) is 13.8. The van der Waals surface area contributed by atoms with Crippen LogP contribution >= 0.6 is 0 Å². The van der Waals surface area contributed by atoms with Crippen LogP contribution < -0.4 is 5.73 Å². The minimum Gasteiger partial charge on any atom is -0.377 e. The molecule has 0 radical (unpaired) electrons. The lowest BCUT2D eigenvalue weighted by atomic mass is 9.94. The van der Waals surface area contributed by atoms with Crippen LogP contribution in [0.4, 0.5) is 0 Å². The minimum atomic E-state index is 0.318.